The Morgan fingerprint density at radius 3 is 2.33 bits per heavy atom. The van der Waals surface area contributed by atoms with Gasteiger partial charge in [-0.25, -0.2) is 0 Å². The van der Waals surface area contributed by atoms with E-state index in [-0.39, 0.29) is 17.7 Å². The number of nitrogens with one attached hydrogen (secondary N) is 2. The van der Waals surface area contributed by atoms with Crippen LogP contribution in [0.25, 0.3) is 0 Å². The first kappa shape index (κ1) is 19.0. The summed E-state index contributed by atoms with van der Waals surface area (Å²) in [6, 6.07) is 12.7. The number of carbonyl (C=O) groups excluding carboxylic acids is 2. The molecule has 2 aromatic carbocycles. The van der Waals surface area contributed by atoms with Gasteiger partial charge in [-0.2, -0.15) is 0 Å². The van der Waals surface area contributed by atoms with Crippen LogP contribution in [0.15, 0.2) is 42.5 Å². The van der Waals surface area contributed by atoms with E-state index in [1.165, 1.54) is 6.42 Å². The summed E-state index contributed by atoms with van der Waals surface area (Å²) in [7, 11) is 1.56. The molecule has 3 rings (SSSR count). The van der Waals surface area contributed by atoms with Crippen LogP contribution in [0.5, 0.6) is 5.75 Å². The van der Waals surface area contributed by atoms with E-state index in [2.05, 4.69) is 10.6 Å². The van der Waals surface area contributed by atoms with Crippen LogP contribution in [0, 0.1) is 12.8 Å². The highest BCUT2D eigenvalue weighted by atomic mass is 16.5. The Balaban J connectivity index is 1.76. The Morgan fingerprint density at radius 2 is 1.67 bits per heavy atom. The fourth-order valence-corrected chi connectivity index (χ4v) is 3.47. The van der Waals surface area contributed by atoms with Crippen molar-refractivity contribution in [2.45, 2.75) is 39.0 Å². The Morgan fingerprint density at radius 1 is 0.963 bits per heavy atom. The molecule has 27 heavy (non-hydrogen) atoms. The lowest BCUT2D eigenvalue weighted by Gasteiger charge is -2.22. The van der Waals surface area contributed by atoms with Crippen molar-refractivity contribution >= 4 is 23.2 Å². The fourth-order valence-electron chi connectivity index (χ4n) is 3.47. The van der Waals surface area contributed by atoms with Crippen molar-refractivity contribution in [1.29, 1.82) is 0 Å². The number of benzene rings is 2. The fraction of sp³-hybridized carbons (Fsp3) is 0.364. The van der Waals surface area contributed by atoms with Crippen LogP contribution < -0.4 is 15.4 Å². The predicted octanol–water partition coefficient (Wildman–Crippen LogP) is 4.77. The van der Waals surface area contributed by atoms with Crippen molar-refractivity contribution in [3.8, 4) is 5.75 Å². The molecule has 0 unspecified atom stereocenters. The van der Waals surface area contributed by atoms with Gasteiger partial charge < -0.3 is 15.4 Å². The van der Waals surface area contributed by atoms with E-state index in [1.54, 1.807) is 25.3 Å². The third-order valence-electron chi connectivity index (χ3n) is 5.06. The van der Waals surface area contributed by atoms with E-state index in [0.717, 1.165) is 31.2 Å². The number of amides is 2. The van der Waals surface area contributed by atoms with Gasteiger partial charge in [-0.15, -0.1) is 0 Å². The number of hydrogen-bond acceptors (Lipinski definition) is 3. The van der Waals surface area contributed by atoms with Gasteiger partial charge in [-0.1, -0.05) is 37.5 Å². The first-order valence-corrected chi connectivity index (χ1v) is 9.44. The molecule has 0 aromatic heterocycles. The van der Waals surface area contributed by atoms with Gasteiger partial charge >= 0.3 is 0 Å². The number of ether oxygens (including phenoxy) is 1. The van der Waals surface area contributed by atoms with Crippen LogP contribution in [0.1, 0.15) is 48.0 Å². The van der Waals surface area contributed by atoms with E-state index in [4.69, 9.17) is 4.74 Å². The molecule has 2 aromatic rings. The summed E-state index contributed by atoms with van der Waals surface area (Å²) in [5.74, 6) is 0.475. The van der Waals surface area contributed by atoms with Crippen molar-refractivity contribution < 1.29 is 14.3 Å². The molecule has 0 aliphatic heterocycles. The van der Waals surface area contributed by atoms with Gasteiger partial charge in [0, 0.05) is 23.2 Å². The molecule has 0 heterocycles. The van der Waals surface area contributed by atoms with Crippen molar-refractivity contribution in [2.24, 2.45) is 5.92 Å². The maximum absolute atomic E-state index is 12.6. The molecular formula is C22H26N2O3. The zero-order chi connectivity index (χ0) is 19.2. The number of rotatable bonds is 5. The van der Waals surface area contributed by atoms with E-state index in [1.807, 2.05) is 31.2 Å². The van der Waals surface area contributed by atoms with Gasteiger partial charge in [0.2, 0.25) is 5.91 Å². The average Bonchev–Trinajstić information content (AvgIpc) is 2.71. The SMILES string of the molecule is COc1cc(NC(=O)c2ccccc2)c(C)cc1NC(=O)C1CCCCC1. The lowest BCUT2D eigenvalue weighted by Crippen LogP contribution is -2.25. The van der Waals surface area contributed by atoms with E-state index < -0.39 is 0 Å². The number of anilines is 2. The Bertz CT molecular complexity index is 812. The molecule has 0 atom stereocenters. The monoisotopic (exact) mass is 366 g/mol. The summed E-state index contributed by atoms with van der Waals surface area (Å²) in [6.45, 7) is 1.90. The topological polar surface area (TPSA) is 67.4 Å². The van der Waals surface area contributed by atoms with Crippen LogP contribution >= 0.6 is 0 Å². The molecule has 0 spiro atoms. The maximum atomic E-state index is 12.6. The van der Waals surface area contributed by atoms with Crippen LogP contribution in [0.4, 0.5) is 11.4 Å². The zero-order valence-electron chi connectivity index (χ0n) is 15.9. The largest absolute Gasteiger partial charge is 0.494 e. The van der Waals surface area contributed by atoms with Crippen LogP contribution in [-0.4, -0.2) is 18.9 Å². The second-order valence-electron chi connectivity index (χ2n) is 7.01. The summed E-state index contributed by atoms with van der Waals surface area (Å²) in [6.07, 6.45) is 5.32. The second kappa shape index (κ2) is 8.71. The van der Waals surface area contributed by atoms with Crippen molar-refractivity contribution in [2.75, 3.05) is 17.7 Å². The molecule has 0 radical (unpaired) electrons. The van der Waals surface area contributed by atoms with Crippen LogP contribution in [0.3, 0.4) is 0 Å². The van der Waals surface area contributed by atoms with Gasteiger partial charge in [0.1, 0.15) is 5.75 Å². The number of hydrogen-bond donors (Lipinski definition) is 2. The number of aryl methyl sites for hydroxylation is 1. The lowest BCUT2D eigenvalue weighted by atomic mass is 9.88. The van der Waals surface area contributed by atoms with Crippen molar-refractivity contribution in [3.63, 3.8) is 0 Å². The van der Waals surface area contributed by atoms with Crippen molar-refractivity contribution in [1.82, 2.24) is 0 Å². The predicted molar refractivity (Wildman–Crippen MR) is 107 cm³/mol. The van der Waals surface area contributed by atoms with E-state index in [9.17, 15) is 9.59 Å². The molecule has 2 amide bonds. The van der Waals surface area contributed by atoms with Crippen molar-refractivity contribution in [3.05, 3.63) is 53.6 Å². The van der Waals surface area contributed by atoms with Gasteiger partial charge in [0.05, 0.1) is 12.8 Å². The summed E-state index contributed by atoms with van der Waals surface area (Å²) in [5.41, 5.74) is 2.75. The molecule has 0 bridgehead atoms. The first-order chi connectivity index (χ1) is 13.1. The molecule has 142 valence electrons. The summed E-state index contributed by atoms with van der Waals surface area (Å²) in [4.78, 5) is 25.0. The summed E-state index contributed by atoms with van der Waals surface area (Å²) >= 11 is 0. The quantitative estimate of drug-likeness (QED) is 0.800. The normalized spacial score (nSPS) is 14.4. The third-order valence-corrected chi connectivity index (χ3v) is 5.06. The molecular weight excluding hydrogens is 340 g/mol. The lowest BCUT2D eigenvalue weighted by molar-refractivity contribution is -0.120. The number of methoxy groups -OCH3 is 1. The smallest absolute Gasteiger partial charge is 0.255 e. The zero-order valence-corrected chi connectivity index (χ0v) is 15.9. The second-order valence-corrected chi connectivity index (χ2v) is 7.01. The highest BCUT2D eigenvalue weighted by Crippen LogP contribution is 2.33. The van der Waals surface area contributed by atoms with Gasteiger partial charge in [-0.3, -0.25) is 9.59 Å². The molecule has 0 saturated heterocycles. The van der Waals surface area contributed by atoms with Gasteiger partial charge in [0.15, 0.2) is 0 Å². The first-order valence-electron chi connectivity index (χ1n) is 9.44. The summed E-state index contributed by atoms with van der Waals surface area (Å²) in [5, 5.41) is 5.92. The Labute approximate surface area is 160 Å². The Hall–Kier alpha value is -2.82. The molecule has 5 heteroatoms. The minimum Gasteiger partial charge on any atom is -0.494 e. The van der Waals surface area contributed by atoms with Gasteiger partial charge in [0.25, 0.3) is 5.91 Å². The highest BCUT2D eigenvalue weighted by molar-refractivity contribution is 6.05. The Kier molecular flexibility index (Phi) is 6.12. The van der Waals surface area contributed by atoms with Crippen LogP contribution in [-0.2, 0) is 4.79 Å². The molecule has 1 aliphatic carbocycles. The minimum absolute atomic E-state index is 0.0495. The number of carbonyl (C=O) groups is 2. The maximum Gasteiger partial charge on any atom is 0.255 e. The molecule has 5 nitrogen and oxygen atoms in total. The third kappa shape index (κ3) is 4.67. The highest BCUT2D eigenvalue weighted by Gasteiger charge is 2.22. The summed E-state index contributed by atoms with van der Waals surface area (Å²) < 4.78 is 5.45. The van der Waals surface area contributed by atoms with E-state index in [0.29, 0.717) is 22.7 Å². The molecule has 1 aliphatic rings. The van der Waals surface area contributed by atoms with Crippen LogP contribution in [0.2, 0.25) is 0 Å². The standard InChI is InChI=1S/C22H26N2O3/c1-15-13-19(24-22(26)17-11-7-4-8-12-17)20(27-2)14-18(15)23-21(25)16-9-5-3-6-10-16/h3,5-6,9-10,13-14,17H,4,7-8,11-12H2,1-2H3,(H,23,25)(H,24,26). The molecule has 2 N–H and O–H groups in total. The molecule has 1 fully saturated rings. The minimum atomic E-state index is -0.181. The average molecular weight is 366 g/mol. The van der Waals surface area contributed by atoms with E-state index >= 15 is 0 Å². The molecule has 1 saturated carbocycles. The van der Waals surface area contributed by atoms with Gasteiger partial charge in [-0.05, 0) is 43.5 Å².